The van der Waals surface area contributed by atoms with Crippen molar-refractivity contribution in [2.24, 2.45) is 0 Å². The highest BCUT2D eigenvalue weighted by Crippen LogP contribution is 2.25. The Morgan fingerprint density at radius 2 is 1.48 bits per heavy atom. The second kappa shape index (κ2) is 5.90. The van der Waals surface area contributed by atoms with E-state index >= 15 is 0 Å². The number of nitrogens with zero attached hydrogens (tertiary/aromatic N) is 1. The van der Waals surface area contributed by atoms with Crippen LogP contribution in [-0.4, -0.2) is 10.1 Å². The summed E-state index contributed by atoms with van der Waals surface area (Å²) in [4.78, 5) is 4.29. The fraction of sp³-hybridized carbons (Fsp3) is 0.105. The molecule has 104 valence electrons. The molecule has 0 aliphatic carbocycles. The molecule has 1 atom stereocenters. The average Bonchev–Trinajstić information content (AvgIpc) is 2.56. The Labute approximate surface area is 124 Å². The van der Waals surface area contributed by atoms with Gasteiger partial charge in [-0.3, -0.25) is 4.98 Å². The van der Waals surface area contributed by atoms with Crippen molar-refractivity contribution in [1.29, 1.82) is 0 Å². The fourth-order valence-electron chi connectivity index (χ4n) is 2.43. The van der Waals surface area contributed by atoms with Crippen LogP contribution < -0.4 is 0 Å². The van der Waals surface area contributed by atoms with Crippen LogP contribution in [-0.2, 0) is 0 Å². The Balaban J connectivity index is 1.89. The first-order valence-corrected chi connectivity index (χ1v) is 7.00. The van der Waals surface area contributed by atoms with Crippen LogP contribution in [0.25, 0.3) is 11.1 Å². The molecular weight excluding hydrogens is 258 g/mol. The van der Waals surface area contributed by atoms with Crippen LogP contribution in [0.15, 0.2) is 72.9 Å². The molecule has 0 saturated carbocycles. The highest BCUT2D eigenvalue weighted by molar-refractivity contribution is 5.63. The van der Waals surface area contributed by atoms with E-state index in [-0.39, 0.29) is 0 Å². The van der Waals surface area contributed by atoms with E-state index in [1.807, 2.05) is 61.5 Å². The quantitative estimate of drug-likeness (QED) is 0.779. The Hall–Kier alpha value is -2.45. The van der Waals surface area contributed by atoms with Gasteiger partial charge >= 0.3 is 0 Å². The summed E-state index contributed by atoms with van der Waals surface area (Å²) in [5.41, 5.74) is 4.88. The summed E-state index contributed by atoms with van der Waals surface area (Å²) in [6.45, 7) is 1.96. The fourth-order valence-corrected chi connectivity index (χ4v) is 2.43. The SMILES string of the molecule is Cc1cccnc1C(O)c1ccc(-c2ccccc2)cc1. The van der Waals surface area contributed by atoms with Gasteiger partial charge in [0.1, 0.15) is 6.10 Å². The van der Waals surface area contributed by atoms with Gasteiger partial charge in [0.2, 0.25) is 0 Å². The van der Waals surface area contributed by atoms with E-state index in [9.17, 15) is 5.11 Å². The molecule has 1 unspecified atom stereocenters. The molecule has 2 heteroatoms. The molecule has 0 spiro atoms. The van der Waals surface area contributed by atoms with Crippen LogP contribution in [0.4, 0.5) is 0 Å². The maximum atomic E-state index is 10.5. The Kier molecular flexibility index (Phi) is 3.80. The van der Waals surface area contributed by atoms with E-state index in [0.717, 1.165) is 16.7 Å². The first-order chi connectivity index (χ1) is 10.3. The van der Waals surface area contributed by atoms with Gasteiger partial charge in [-0.05, 0) is 35.2 Å². The normalized spacial score (nSPS) is 12.1. The topological polar surface area (TPSA) is 33.1 Å². The summed E-state index contributed by atoms with van der Waals surface area (Å²) in [6, 6.07) is 22.0. The van der Waals surface area contributed by atoms with Crippen molar-refractivity contribution in [2.45, 2.75) is 13.0 Å². The van der Waals surface area contributed by atoms with Crippen LogP contribution in [0.2, 0.25) is 0 Å². The molecule has 1 N–H and O–H groups in total. The lowest BCUT2D eigenvalue weighted by atomic mass is 9.99. The molecule has 2 aromatic carbocycles. The van der Waals surface area contributed by atoms with Gasteiger partial charge in [0.25, 0.3) is 0 Å². The number of aliphatic hydroxyl groups is 1. The zero-order chi connectivity index (χ0) is 14.7. The Bertz CT molecular complexity index is 720. The van der Waals surface area contributed by atoms with Gasteiger partial charge in [-0.25, -0.2) is 0 Å². The number of aromatic nitrogens is 1. The number of rotatable bonds is 3. The zero-order valence-corrected chi connectivity index (χ0v) is 11.9. The Morgan fingerprint density at radius 1 is 0.810 bits per heavy atom. The molecule has 1 aromatic heterocycles. The third-order valence-corrected chi connectivity index (χ3v) is 3.64. The first-order valence-electron chi connectivity index (χ1n) is 7.00. The molecule has 0 amide bonds. The molecule has 1 heterocycles. The van der Waals surface area contributed by atoms with Gasteiger partial charge < -0.3 is 5.11 Å². The maximum absolute atomic E-state index is 10.5. The van der Waals surface area contributed by atoms with E-state index in [2.05, 4.69) is 17.1 Å². The average molecular weight is 275 g/mol. The number of benzene rings is 2. The summed E-state index contributed by atoms with van der Waals surface area (Å²) < 4.78 is 0. The van der Waals surface area contributed by atoms with Crippen molar-refractivity contribution in [3.63, 3.8) is 0 Å². The molecule has 0 bridgehead atoms. The molecule has 3 aromatic rings. The van der Waals surface area contributed by atoms with Crippen molar-refractivity contribution >= 4 is 0 Å². The molecule has 21 heavy (non-hydrogen) atoms. The number of pyridine rings is 1. The monoisotopic (exact) mass is 275 g/mol. The number of aryl methyl sites for hydroxylation is 1. The third kappa shape index (κ3) is 2.86. The third-order valence-electron chi connectivity index (χ3n) is 3.64. The predicted molar refractivity (Wildman–Crippen MR) is 84.9 cm³/mol. The molecule has 0 saturated heterocycles. The summed E-state index contributed by atoms with van der Waals surface area (Å²) >= 11 is 0. The standard InChI is InChI=1S/C19H17NO/c1-14-6-5-13-20-18(14)19(21)17-11-9-16(10-12-17)15-7-3-2-4-8-15/h2-13,19,21H,1H3. The van der Waals surface area contributed by atoms with Crippen LogP contribution in [0.5, 0.6) is 0 Å². The van der Waals surface area contributed by atoms with Crippen LogP contribution in [0.1, 0.15) is 22.9 Å². The Morgan fingerprint density at radius 3 is 2.14 bits per heavy atom. The van der Waals surface area contributed by atoms with Gasteiger partial charge in [-0.15, -0.1) is 0 Å². The second-order valence-electron chi connectivity index (χ2n) is 5.10. The van der Waals surface area contributed by atoms with Gasteiger partial charge in [0, 0.05) is 6.20 Å². The van der Waals surface area contributed by atoms with E-state index in [1.165, 1.54) is 5.56 Å². The minimum atomic E-state index is -0.684. The van der Waals surface area contributed by atoms with Crippen molar-refractivity contribution < 1.29 is 5.11 Å². The number of hydrogen-bond acceptors (Lipinski definition) is 2. The van der Waals surface area contributed by atoms with E-state index in [1.54, 1.807) is 6.20 Å². The summed E-state index contributed by atoms with van der Waals surface area (Å²) in [7, 11) is 0. The lowest BCUT2D eigenvalue weighted by Crippen LogP contribution is -2.04. The van der Waals surface area contributed by atoms with E-state index in [4.69, 9.17) is 0 Å². The summed E-state index contributed by atoms with van der Waals surface area (Å²) in [5, 5.41) is 10.5. The number of aliphatic hydroxyl groups excluding tert-OH is 1. The van der Waals surface area contributed by atoms with Gasteiger partial charge in [0.15, 0.2) is 0 Å². The minimum absolute atomic E-state index is 0.684. The molecule has 0 fully saturated rings. The minimum Gasteiger partial charge on any atom is -0.382 e. The maximum Gasteiger partial charge on any atom is 0.121 e. The second-order valence-corrected chi connectivity index (χ2v) is 5.10. The molecule has 3 rings (SSSR count). The van der Waals surface area contributed by atoms with Crippen LogP contribution in [0, 0.1) is 6.92 Å². The molecule has 0 radical (unpaired) electrons. The van der Waals surface area contributed by atoms with E-state index in [0.29, 0.717) is 5.69 Å². The summed E-state index contributed by atoms with van der Waals surface area (Å²) in [5.74, 6) is 0. The molecule has 0 aliphatic rings. The van der Waals surface area contributed by atoms with Crippen molar-refractivity contribution in [3.8, 4) is 11.1 Å². The molecule has 0 aliphatic heterocycles. The lowest BCUT2D eigenvalue weighted by Gasteiger charge is -2.13. The van der Waals surface area contributed by atoms with Crippen LogP contribution >= 0.6 is 0 Å². The lowest BCUT2D eigenvalue weighted by molar-refractivity contribution is 0.214. The molecular formula is C19H17NO. The highest BCUT2D eigenvalue weighted by atomic mass is 16.3. The smallest absolute Gasteiger partial charge is 0.121 e. The number of hydrogen-bond donors (Lipinski definition) is 1. The van der Waals surface area contributed by atoms with Gasteiger partial charge in [-0.2, -0.15) is 0 Å². The summed E-state index contributed by atoms with van der Waals surface area (Å²) in [6.07, 6.45) is 1.03. The van der Waals surface area contributed by atoms with Gasteiger partial charge in [0.05, 0.1) is 5.69 Å². The molecule has 2 nitrogen and oxygen atoms in total. The first kappa shape index (κ1) is 13.5. The van der Waals surface area contributed by atoms with Crippen molar-refractivity contribution in [1.82, 2.24) is 4.98 Å². The largest absolute Gasteiger partial charge is 0.382 e. The van der Waals surface area contributed by atoms with Crippen molar-refractivity contribution in [3.05, 3.63) is 89.7 Å². The predicted octanol–water partition coefficient (Wildman–Crippen LogP) is 4.14. The van der Waals surface area contributed by atoms with Gasteiger partial charge in [-0.1, -0.05) is 60.7 Å². The zero-order valence-electron chi connectivity index (χ0n) is 11.9. The van der Waals surface area contributed by atoms with E-state index < -0.39 is 6.10 Å². The van der Waals surface area contributed by atoms with Crippen molar-refractivity contribution in [2.75, 3.05) is 0 Å². The van der Waals surface area contributed by atoms with Crippen LogP contribution in [0.3, 0.4) is 0 Å². The highest BCUT2D eigenvalue weighted by Gasteiger charge is 2.13.